The van der Waals surface area contributed by atoms with Crippen LogP contribution in [0.15, 0.2) is 54.6 Å². The number of anilines is 2. The predicted molar refractivity (Wildman–Crippen MR) is 156 cm³/mol. The van der Waals surface area contributed by atoms with E-state index in [-0.39, 0.29) is 48.0 Å². The van der Waals surface area contributed by atoms with E-state index in [9.17, 15) is 24.0 Å². The highest BCUT2D eigenvalue weighted by molar-refractivity contribution is 6.04. The Morgan fingerprint density at radius 2 is 1.45 bits per heavy atom. The summed E-state index contributed by atoms with van der Waals surface area (Å²) >= 11 is 0. The van der Waals surface area contributed by atoms with Gasteiger partial charge in [-0.25, -0.2) is 4.79 Å². The number of likely N-dealkylation sites (tertiary alicyclic amines) is 1. The third-order valence-corrected chi connectivity index (χ3v) is 8.23. The Morgan fingerprint density at radius 1 is 0.810 bits per heavy atom. The summed E-state index contributed by atoms with van der Waals surface area (Å²) < 4.78 is 5.05. The molecular formula is C31H37N5O6. The Hall–Kier alpha value is -4.41. The van der Waals surface area contributed by atoms with Gasteiger partial charge in [0.05, 0.1) is 23.8 Å². The Labute approximate surface area is 245 Å². The lowest BCUT2D eigenvalue weighted by atomic mass is 9.94. The highest BCUT2D eigenvalue weighted by Gasteiger charge is 2.39. The van der Waals surface area contributed by atoms with Crippen LogP contribution in [0.4, 0.5) is 16.2 Å². The zero-order chi connectivity index (χ0) is 29.6. The molecule has 1 N–H and O–H groups in total. The smallest absolute Gasteiger partial charge is 0.409 e. The molecule has 1 unspecified atom stereocenters. The summed E-state index contributed by atoms with van der Waals surface area (Å²) in [5.41, 5.74) is 1.65. The van der Waals surface area contributed by atoms with Gasteiger partial charge < -0.3 is 29.7 Å². The van der Waals surface area contributed by atoms with Crippen molar-refractivity contribution in [3.8, 4) is 0 Å². The SMILES string of the molecule is CCOC(=O)N1CCN(C(=O)c2ccccc2NC(=O)C2CCN(C(=O)C3CC(=O)N(c4ccccc4)C3)CC2)CC1. The molecule has 5 rings (SSSR count). The molecule has 42 heavy (non-hydrogen) atoms. The van der Waals surface area contributed by atoms with Gasteiger partial charge in [-0.1, -0.05) is 30.3 Å². The van der Waals surface area contributed by atoms with E-state index in [0.717, 1.165) is 5.69 Å². The normalized spacial score (nSPS) is 19.5. The molecule has 0 aliphatic carbocycles. The van der Waals surface area contributed by atoms with Crippen molar-refractivity contribution in [3.05, 3.63) is 60.2 Å². The molecule has 3 aliphatic rings. The van der Waals surface area contributed by atoms with E-state index in [1.807, 2.05) is 30.3 Å². The summed E-state index contributed by atoms with van der Waals surface area (Å²) in [6, 6.07) is 16.3. The van der Waals surface area contributed by atoms with Gasteiger partial charge in [-0.15, -0.1) is 0 Å². The van der Waals surface area contributed by atoms with Crippen LogP contribution in [-0.2, 0) is 19.1 Å². The zero-order valence-corrected chi connectivity index (χ0v) is 23.9. The van der Waals surface area contributed by atoms with E-state index in [4.69, 9.17) is 4.74 Å². The van der Waals surface area contributed by atoms with Gasteiger partial charge in [0.2, 0.25) is 17.7 Å². The molecule has 0 aromatic heterocycles. The summed E-state index contributed by atoms with van der Waals surface area (Å²) in [6.07, 6.45) is 0.826. The molecule has 222 valence electrons. The van der Waals surface area contributed by atoms with Crippen molar-refractivity contribution in [3.63, 3.8) is 0 Å². The second-order valence-electron chi connectivity index (χ2n) is 10.9. The number of para-hydroxylation sites is 2. The minimum Gasteiger partial charge on any atom is -0.450 e. The average Bonchev–Trinajstić information content (AvgIpc) is 3.42. The lowest BCUT2D eigenvalue weighted by Crippen LogP contribution is -2.50. The van der Waals surface area contributed by atoms with Crippen LogP contribution in [0.5, 0.6) is 0 Å². The summed E-state index contributed by atoms with van der Waals surface area (Å²) in [7, 11) is 0. The Kier molecular flexibility index (Phi) is 9.04. The van der Waals surface area contributed by atoms with Crippen LogP contribution in [-0.4, -0.2) is 96.8 Å². The predicted octanol–water partition coefficient (Wildman–Crippen LogP) is 2.83. The van der Waals surface area contributed by atoms with Crippen molar-refractivity contribution in [2.75, 3.05) is 62.6 Å². The third-order valence-electron chi connectivity index (χ3n) is 8.23. The minimum absolute atomic E-state index is 0.0420. The lowest BCUT2D eigenvalue weighted by Gasteiger charge is -2.34. The molecule has 11 heteroatoms. The molecule has 0 saturated carbocycles. The molecule has 3 saturated heterocycles. The van der Waals surface area contributed by atoms with Gasteiger partial charge in [-0.05, 0) is 44.0 Å². The number of carbonyl (C=O) groups excluding carboxylic acids is 5. The molecule has 3 heterocycles. The first-order chi connectivity index (χ1) is 20.4. The van der Waals surface area contributed by atoms with Crippen LogP contribution in [0.25, 0.3) is 0 Å². The number of nitrogens with one attached hydrogen (secondary N) is 1. The fraction of sp³-hybridized carbons (Fsp3) is 0.452. The first-order valence-corrected chi connectivity index (χ1v) is 14.6. The van der Waals surface area contributed by atoms with Crippen LogP contribution in [0.1, 0.15) is 36.5 Å². The van der Waals surface area contributed by atoms with Gasteiger partial charge >= 0.3 is 6.09 Å². The Bertz CT molecular complexity index is 1320. The molecule has 0 radical (unpaired) electrons. The number of nitrogens with zero attached hydrogens (tertiary/aromatic N) is 4. The average molecular weight is 576 g/mol. The van der Waals surface area contributed by atoms with Crippen LogP contribution < -0.4 is 10.2 Å². The summed E-state index contributed by atoms with van der Waals surface area (Å²) in [5, 5.41) is 2.95. The maximum absolute atomic E-state index is 13.3. The molecule has 0 bridgehead atoms. The van der Waals surface area contributed by atoms with Crippen molar-refractivity contribution in [2.24, 2.45) is 11.8 Å². The van der Waals surface area contributed by atoms with Crippen LogP contribution >= 0.6 is 0 Å². The summed E-state index contributed by atoms with van der Waals surface area (Å²) in [4.78, 5) is 71.1. The quantitative estimate of drug-likeness (QED) is 0.566. The molecule has 1 atom stereocenters. The van der Waals surface area contributed by atoms with E-state index < -0.39 is 0 Å². The van der Waals surface area contributed by atoms with E-state index in [2.05, 4.69) is 5.32 Å². The van der Waals surface area contributed by atoms with Crippen LogP contribution in [0, 0.1) is 11.8 Å². The number of benzene rings is 2. The first kappa shape index (κ1) is 29.1. The van der Waals surface area contributed by atoms with E-state index in [1.54, 1.807) is 50.8 Å². The number of hydrogen-bond donors (Lipinski definition) is 1. The van der Waals surface area contributed by atoms with Gasteiger partial charge in [-0.2, -0.15) is 0 Å². The number of ether oxygens (including phenoxy) is 1. The topological polar surface area (TPSA) is 120 Å². The van der Waals surface area contributed by atoms with Gasteiger partial charge in [0.25, 0.3) is 5.91 Å². The second-order valence-corrected chi connectivity index (χ2v) is 10.9. The maximum Gasteiger partial charge on any atom is 0.409 e. The molecule has 11 nitrogen and oxygen atoms in total. The highest BCUT2D eigenvalue weighted by atomic mass is 16.6. The van der Waals surface area contributed by atoms with E-state index in [0.29, 0.717) is 76.5 Å². The molecule has 5 amide bonds. The molecule has 2 aromatic rings. The zero-order valence-electron chi connectivity index (χ0n) is 23.9. The highest BCUT2D eigenvalue weighted by Crippen LogP contribution is 2.28. The van der Waals surface area contributed by atoms with Gasteiger partial charge in [-0.3, -0.25) is 19.2 Å². The third kappa shape index (κ3) is 6.40. The van der Waals surface area contributed by atoms with Crippen molar-refractivity contribution < 1.29 is 28.7 Å². The van der Waals surface area contributed by atoms with Crippen molar-refractivity contribution >= 4 is 41.1 Å². The van der Waals surface area contributed by atoms with E-state index in [1.165, 1.54) is 0 Å². The summed E-state index contributed by atoms with van der Waals surface area (Å²) in [6.45, 7) is 4.83. The van der Waals surface area contributed by atoms with Gasteiger partial charge in [0.15, 0.2) is 0 Å². The number of hydrogen-bond acceptors (Lipinski definition) is 6. The second kappa shape index (κ2) is 13.1. The lowest BCUT2D eigenvalue weighted by molar-refractivity contribution is -0.138. The van der Waals surface area contributed by atoms with Gasteiger partial charge in [0.1, 0.15) is 0 Å². The molecule has 2 aromatic carbocycles. The fourth-order valence-electron chi connectivity index (χ4n) is 5.84. The molecular weight excluding hydrogens is 538 g/mol. The van der Waals surface area contributed by atoms with Crippen molar-refractivity contribution in [2.45, 2.75) is 26.2 Å². The van der Waals surface area contributed by atoms with Crippen LogP contribution in [0.2, 0.25) is 0 Å². The maximum atomic E-state index is 13.3. The molecule has 3 aliphatic heterocycles. The monoisotopic (exact) mass is 575 g/mol. The minimum atomic E-state index is -0.389. The van der Waals surface area contributed by atoms with Crippen molar-refractivity contribution in [1.29, 1.82) is 0 Å². The number of amides is 5. The molecule has 0 spiro atoms. The first-order valence-electron chi connectivity index (χ1n) is 14.6. The Balaban J connectivity index is 1.13. The largest absolute Gasteiger partial charge is 0.450 e. The summed E-state index contributed by atoms with van der Waals surface area (Å²) in [5.74, 6) is -1.16. The fourth-order valence-corrected chi connectivity index (χ4v) is 5.84. The Morgan fingerprint density at radius 3 is 2.14 bits per heavy atom. The van der Waals surface area contributed by atoms with Gasteiger partial charge in [0, 0.05) is 63.8 Å². The standard InChI is InChI=1S/C31H37N5O6/c1-2-42-31(41)35-18-16-34(17-19-35)30(40)25-10-6-7-11-26(25)32-28(38)22-12-14-33(15-13-22)29(39)23-20-27(37)36(21-23)24-8-4-3-5-9-24/h3-11,22-23H,2,12-21H2,1H3,(H,32,38). The number of piperidine rings is 1. The van der Waals surface area contributed by atoms with Crippen LogP contribution in [0.3, 0.4) is 0 Å². The molecule has 3 fully saturated rings. The number of rotatable bonds is 6. The van der Waals surface area contributed by atoms with E-state index >= 15 is 0 Å². The number of carbonyl (C=O) groups is 5. The van der Waals surface area contributed by atoms with Crippen molar-refractivity contribution in [1.82, 2.24) is 14.7 Å². The number of piperazine rings is 1.